The van der Waals surface area contributed by atoms with E-state index < -0.39 is 5.97 Å². The van der Waals surface area contributed by atoms with Gasteiger partial charge in [-0.3, -0.25) is 9.59 Å². The molecule has 1 aromatic carbocycles. The Morgan fingerprint density at radius 1 is 1.19 bits per heavy atom. The van der Waals surface area contributed by atoms with Crippen molar-refractivity contribution in [2.45, 2.75) is 6.61 Å². The Hall–Kier alpha value is -1.56. The third-order valence-electron chi connectivity index (χ3n) is 2.52. The van der Waals surface area contributed by atoms with Gasteiger partial charge in [-0.2, -0.15) is 0 Å². The zero-order valence-corrected chi connectivity index (χ0v) is 13.1. The van der Waals surface area contributed by atoms with E-state index in [0.717, 1.165) is 5.56 Å². The molecule has 4 nitrogen and oxygen atoms in total. The minimum Gasteiger partial charge on any atom is -0.460 e. The molecule has 0 saturated heterocycles. The third-order valence-corrected chi connectivity index (χ3v) is 4.13. The van der Waals surface area contributed by atoms with Crippen molar-refractivity contribution in [3.8, 4) is 0 Å². The number of thiophene rings is 1. The maximum Gasteiger partial charge on any atom is 0.325 e. The van der Waals surface area contributed by atoms with Crippen LogP contribution in [-0.2, 0) is 16.1 Å². The van der Waals surface area contributed by atoms with E-state index in [0.29, 0.717) is 14.9 Å². The number of benzene rings is 1. The summed E-state index contributed by atoms with van der Waals surface area (Å²) in [6.45, 7) is -0.108. The number of ether oxygens (including phenoxy) is 1. The highest BCUT2D eigenvalue weighted by Gasteiger charge is 2.10. The molecule has 7 heteroatoms. The van der Waals surface area contributed by atoms with Gasteiger partial charge in [-0.1, -0.05) is 35.3 Å². The molecule has 0 fully saturated rings. The maximum absolute atomic E-state index is 11.6. The van der Waals surface area contributed by atoms with Crippen molar-refractivity contribution in [2.75, 3.05) is 6.54 Å². The molecule has 1 aromatic heterocycles. The van der Waals surface area contributed by atoms with Gasteiger partial charge in [0.25, 0.3) is 5.91 Å². The number of amides is 1. The van der Waals surface area contributed by atoms with E-state index >= 15 is 0 Å². The monoisotopic (exact) mass is 343 g/mol. The predicted octanol–water partition coefficient (Wildman–Crippen LogP) is 3.53. The van der Waals surface area contributed by atoms with E-state index in [4.69, 9.17) is 27.9 Å². The minimum absolute atomic E-state index is 0.0740. The normalized spacial score (nSPS) is 10.2. The highest BCUT2D eigenvalue weighted by molar-refractivity contribution is 7.12. The average molecular weight is 344 g/mol. The lowest BCUT2D eigenvalue weighted by molar-refractivity contribution is -0.143. The molecular weight excluding hydrogens is 333 g/mol. The molecule has 0 bridgehead atoms. The van der Waals surface area contributed by atoms with E-state index in [2.05, 4.69) is 5.32 Å². The van der Waals surface area contributed by atoms with Gasteiger partial charge in [-0.25, -0.2) is 0 Å². The topological polar surface area (TPSA) is 55.4 Å². The van der Waals surface area contributed by atoms with Crippen LogP contribution in [-0.4, -0.2) is 18.4 Å². The summed E-state index contributed by atoms with van der Waals surface area (Å²) in [6.07, 6.45) is 0. The SMILES string of the molecule is O=C(CNC(=O)c1cccs1)OCc1ccc(Cl)c(Cl)c1. The first-order chi connectivity index (χ1) is 10.1. The summed E-state index contributed by atoms with van der Waals surface area (Å²) in [5.74, 6) is -0.817. The fourth-order valence-corrected chi connectivity index (χ4v) is 2.45. The molecule has 0 aliphatic rings. The van der Waals surface area contributed by atoms with Crippen LogP contribution < -0.4 is 5.32 Å². The third kappa shape index (κ3) is 4.74. The Bertz CT molecular complexity index is 644. The molecule has 110 valence electrons. The van der Waals surface area contributed by atoms with Gasteiger partial charge in [-0.15, -0.1) is 11.3 Å². The van der Waals surface area contributed by atoms with Crippen molar-refractivity contribution < 1.29 is 14.3 Å². The lowest BCUT2D eigenvalue weighted by Gasteiger charge is -2.06. The fraction of sp³-hybridized carbons (Fsp3) is 0.143. The van der Waals surface area contributed by atoms with Gasteiger partial charge in [0.2, 0.25) is 0 Å². The first-order valence-corrected chi connectivity index (χ1v) is 7.61. The van der Waals surface area contributed by atoms with Crippen molar-refractivity contribution >= 4 is 46.4 Å². The van der Waals surface area contributed by atoms with E-state index in [-0.39, 0.29) is 19.1 Å². The van der Waals surface area contributed by atoms with Gasteiger partial charge in [-0.05, 0) is 29.1 Å². The minimum atomic E-state index is -0.522. The lowest BCUT2D eigenvalue weighted by Crippen LogP contribution is -2.30. The zero-order valence-electron chi connectivity index (χ0n) is 10.8. The Labute approximate surface area is 135 Å². The maximum atomic E-state index is 11.6. The number of carbonyl (C=O) groups excluding carboxylic acids is 2. The largest absolute Gasteiger partial charge is 0.460 e. The average Bonchev–Trinajstić information content (AvgIpc) is 3.00. The molecule has 21 heavy (non-hydrogen) atoms. The second-order valence-electron chi connectivity index (χ2n) is 4.07. The molecule has 1 heterocycles. The molecule has 0 unspecified atom stereocenters. The van der Waals surface area contributed by atoms with Gasteiger partial charge in [0.15, 0.2) is 0 Å². The molecule has 2 aromatic rings. The molecule has 0 saturated carbocycles. The van der Waals surface area contributed by atoms with Gasteiger partial charge in [0, 0.05) is 0 Å². The van der Waals surface area contributed by atoms with Crippen molar-refractivity contribution in [3.05, 3.63) is 56.2 Å². The molecule has 0 spiro atoms. The summed E-state index contributed by atoms with van der Waals surface area (Å²) < 4.78 is 5.04. The summed E-state index contributed by atoms with van der Waals surface area (Å²) in [5.41, 5.74) is 0.724. The van der Waals surface area contributed by atoms with Crippen LogP contribution in [0.5, 0.6) is 0 Å². The van der Waals surface area contributed by atoms with E-state index in [1.54, 1.807) is 35.7 Å². The molecule has 0 aliphatic heterocycles. The quantitative estimate of drug-likeness (QED) is 0.845. The number of rotatable bonds is 5. The molecule has 0 radical (unpaired) electrons. The van der Waals surface area contributed by atoms with Crippen LogP contribution >= 0.6 is 34.5 Å². The number of nitrogens with one attached hydrogen (secondary N) is 1. The molecule has 1 N–H and O–H groups in total. The van der Waals surface area contributed by atoms with Gasteiger partial charge in [0.1, 0.15) is 13.2 Å². The standard InChI is InChI=1S/C14H11Cl2NO3S/c15-10-4-3-9(6-11(10)16)8-20-13(18)7-17-14(19)12-2-1-5-21-12/h1-6H,7-8H2,(H,17,19). The van der Waals surface area contributed by atoms with E-state index in [1.165, 1.54) is 11.3 Å². The Morgan fingerprint density at radius 2 is 2.00 bits per heavy atom. The first kappa shape index (κ1) is 15.8. The predicted molar refractivity (Wildman–Crippen MR) is 82.9 cm³/mol. The second-order valence-corrected chi connectivity index (χ2v) is 5.83. The molecule has 0 atom stereocenters. The number of carbonyl (C=O) groups is 2. The van der Waals surface area contributed by atoms with Crippen molar-refractivity contribution in [1.29, 1.82) is 0 Å². The number of hydrogen-bond donors (Lipinski definition) is 1. The summed E-state index contributed by atoms with van der Waals surface area (Å²) in [6, 6.07) is 8.42. The molecule has 0 aliphatic carbocycles. The molecule has 1 amide bonds. The second kappa shape index (κ2) is 7.45. The van der Waals surface area contributed by atoms with E-state index in [1.807, 2.05) is 0 Å². The summed E-state index contributed by atoms with van der Waals surface area (Å²) in [7, 11) is 0. The number of hydrogen-bond acceptors (Lipinski definition) is 4. The van der Waals surface area contributed by atoms with Crippen LogP contribution in [0, 0.1) is 0 Å². The van der Waals surface area contributed by atoms with Crippen LogP contribution in [0.1, 0.15) is 15.2 Å². The number of esters is 1. The Kier molecular flexibility index (Phi) is 5.61. The van der Waals surface area contributed by atoms with Crippen LogP contribution in [0.2, 0.25) is 10.0 Å². The fourth-order valence-electron chi connectivity index (χ4n) is 1.49. The Balaban J connectivity index is 1.77. The lowest BCUT2D eigenvalue weighted by atomic mass is 10.2. The van der Waals surface area contributed by atoms with Crippen molar-refractivity contribution in [2.24, 2.45) is 0 Å². The van der Waals surface area contributed by atoms with Gasteiger partial charge >= 0.3 is 5.97 Å². The smallest absolute Gasteiger partial charge is 0.325 e. The van der Waals surface area contributed by atoms with Crippen molar-refractivity contribution in [1.82, 2.24) is 5.32 Å². The number of halogens is 2. The zero-order chi connectivity index (χ0) is 15.2. The Morgan fingerprint density at radius 3 is 2.67 bits per heavy atom. The van der Waals surface area contributed by atoms with E-state index in [9.17, 15) is 9.59 Å². The van der Waals surface area contributed by atoms with Crippen LogP contribution in [0.25, 0.3) is 0 Å². The first-order valence-electron chi connectivity index (χ1n) is 5.97. The molecular formula is C14H11Cl2NO3S. The van der Waals surface area contributed by atoms with Gasteiger partial charge in [0.05, 0.1) is 14.9 Å². The summed E-state index contributed by atoms with van der Waals surface area (Å²) >= 11 is 13.0. The van der Waals surface area contributed by atoms with Crippen molar-refractivity contribution in [3.63, 3.8) is 0 Å². The van der Waals surface area contributed by atoms with Crippen LogP contribution in [0.3, 0.4) is 0 Å². The summed E-state index contributed by atoms with van der Waals surface area (Å²) in [5, 5.41) is 5.12. The highest BCUT2D eigenvalue weighted by atomic mass is 35.5. The van der Waals surface area contributed by atoms with Gasteiger partial charge < -0.3 is 10.1 Å². The summed E-state index contributed by atoms with van der Waals surface area (Å²) in [4.78, 5) is 23.7. The molecule has 2 rings (SSSR count). The van der Waals surface area contributed by atoms with Crippen LogP contribution in [0.4, 0.5) is 0 Å². The van der Waals surface area contributed by atoms with Crippen LogP contribution in [0.15, 0.2) is 35.7 Å². The highest BCUT2D eigenvalue weighted by Crippen LogP contribution is 2.22.